The van der Waals surface area contributed by atoms with E-state index < -0.39 is 15.9 Å². The molecule has 1 aromatic carbocycles. The van der Waals surface area contributed by atoms with Crippen LogP contribution >= 0.6 is 22.9 Å². The van der Waals surface area contributed by atoms with Crippen LogP contribution in [-0.4, -0.2) is 20.9 Å². The van der Waals surface area contributed by atoms with Gasteiger partial charge in [-0.2, -0.15) is 0 Å². The van der Waals surface area contributed by atoms with Gasteiger partial charge in [-0.15, -0.1) is 11.3 Å². The third-order valence-corrected chi connectivity index (χ3v) is 6.79. The summed E-state index contributed by atoms with van der Waals surface area (Å²) in [7, 11) is -3.69. The lowest BCUT2D eigenvalue weighted by Gasteiger charge is -2.12. The van der Waals surface area contributed by atoms with E-state index in [4.69, 9.17) is 11.6 Å². The van der Waals surface area contributed by atoms with Crippen LogP contribution in [0.3, 0.4) is 0 Å². The second-order valence-corrected chi connectivity index (χ2v) is 8.95. The van der Waals surface area contributed by atoms with Crippen molar-refractivity contribution in [3.8, 4) is 0 Å². The highest BCUT2D eigenvalue weighted by Gasteiger charge is 2.18. The molecule has 0 aliphatic heterocycles. The second-order valence-electron chi connectivity index (χ2n) is 5.39. The summed E-state index contributed by atoms with van der Waals surface area (Å²) in [6, 6.07) is 6.95. The fraction of sp³-hybridized carbons (Fsp3) is 0.312. The van der Waals surface area contributed by atoms with Crippen molar-refractivity contribution in [1.82, 2.24) is 4.72 Å². The van der Waals surface area contributed by atoms with E-state index in [2.05, 4.69) is 10.0 Å². The molecule has 1 amide bonds. The van der Waals surface area contributed by atoms with Crippen LogP contribution in [0, 0.1) is 13.8 Å². The van der Waals surface area contributed by atoms with Gasteiger partial charge in [-0.3, -0.25) is 4.79 Å². The molecule has 2 rings (SSSR count). The van der Waals surface area contributed by atoms with Crippen LogP contribution in [0.25, 0.3) is 0 Å². The summed E-state index contributed by atoms with van der Waals surface area (Å²) in [6.45, 7) is 5.34. The molecule has 1 heterocycles. The molecule has 130 valence electrons. The molecule has 0 fully saturated rings. The summed E-state index contributed by atoms with van der Waals surface area (Å²) in [6.07, 6.45) is 0.770. The van der Waals surface area contributed by atoms with Crippen LogP contribution in [0.4, 0.5) is 5.69 Å². The summed E-state index contributed by atoms with van der Waals surface area (Å²) in [4.78, 5) is 13.0. The maximum atomic E-state index is 12.2. The van der Waals surface area contributed by atoms with Crippen molar-refractivity contribution in [2.24, 2.45) is 0 Å². The standard InChI is InChI=1S/C16H19ClN2O3S2/c1-4-12-5-6-15(23-12)24(21,22)18-9-14(20)19-16-11(3)7-10(2)8-13(16)17/h5-8,18H,4,9H2,1-3H3,(H,19,20). The van der Waals surface area contributed by atoms with E-state index in [0.29, 0.717) is 10.7 Å². The van der Waals surface area contributed by atoms with E-state index >= 15 is 0 Å². The molecule has 0 saturated heterocycles. The molecule has 0 radical (unpaired) electrons. The summed E-state index contributed by atoms with van der Waals surface area (Å²) >= 11 is 7.33. The van der Waals surface area contributed by atoms with E-state index in [0.717, 1.165) is 22.4 Å². The van der Waals surface area contributed by atoms with E-state index in [-0.39, 0.29) is 10.8 Å². The number of rotatable bonds is 6. The number of carbonyl (C=O) groups is 1. The molecule has 2 aromatic rings. The third-order valence-electron chi connectivity index (χ3n) is 3.37. The highest BCUT2D eigenvalue weighted by molar-refractivity contribution is 7.91. The number of hydrogen-bond acceptors (Lipinski definition) is 4. The quantitative estimate of drug-likeness (QED) is 0.797. The van der Waals surface area contributed by atoms with Gasteiger partial charge in [-0.1, -0.05) is 24.6 Å². The number of halogens is 1. The normalized spacial score (nSPS) is 11.5. The lowest BCUT2D eigenvalue weighted by molar-refractivity contribution is -0.115. The number of carbonyl (C=O) groups excluding carboxylic acids is 1. The Kier molecular flexibility index (Phi) is 6.03. The molecular weight excluding hydrogens is 368 g/mol. The minimum absolute atomic E-state index is 0.205. The smallest absolute Gasteiger partial charge is 0.250 e. The number of amides is 1. The lowest BCUT2D eigenvalue weighted by atomic mass is 10.1. The Morgan fingerprint density at radius 1 is 1.25 bits per heavy atom. The first kappa shape index (κ1) is 18.9. The number of thiophene rings is 1. The fourth-order valence-electron chi connectivity index (χ4n) is 2.18. The molecular formula is C16H19ClN2O3S2. The molecule has 0 spiro atoms. The maximum Gasteiger partial charge on any atom is 0.250 e. The molecule has 0 bridgehead atoms. The number of anilines is 1. The molecule has 24 heavy (non-hydrogen) atoms. The Balaban J connectivity index is 2.03. The summed E-state index contributed by atoms with van der Waals surface area (Å²) in [5.41, 5.74) is 2.30. The van der Waals surface area contributed by atoms with Crippen molar-refractivity contribution < 1.29 is 13.2 Å². The van der Waals surface area contributed by atoms with E-state index in [9.17, 15) is 13.2 Å². The molecule has 0 aliphatic rings. The maximum absolute atomic E-state index is 12.2. The Morgan fingerprint density at radius 2 is 1.96 bits per heavy atom. The number of benzene rings is 1. The average molecular weight is 387 g/mol. The van der Waals surface area contributed by atoms with Gasteiger partial charge in [0.2, 0.25) is 5.91 Å². The SMILES string of the molecule is CCc1ccc(S(=O)(=O)NCC(=O)Nc2c(C)cc(C)cc2Cl)s1. The molecule has 0 atom stereocenters. The van der Waals surface area contributed by atoms with Crippen LogP contribution in [0.5, 0.6) is 0 Å². The Bertz CT molecular complexity index is 837. The van der Waals surface area contributed by atoms with E-state index in [1.807, 2.05) is 26.8 Å². The van der Waals surface area contributed by atoms with E-state index in [1.165, 1.54) is 11.3 Å². The Labute approximate surface area is 151 Å². The van der Waals surface area contributed by atoms with Crippen molar-refractivity contribution >= 4 is 44.6 Å². The number of aryl methyl sites for hydroxylation is 3. The summed E-state index contributed by atoms with van der Waals surface area (Å²) in [5, 5.41) is 3.08. The molecule has 8 heteroatoms. The number of sulfonamides is 1. The topological polar surface area (TPSA) is 75.3 Å². The molecule has 2 N–H and O–H groups in total. The first-order chi connectivity index (χ1) is 11.2. The van der Waals surface area contributed by atoms with E-state index in [1.54, 1.807) is 18.2 Å². The number of hydrogen-bond donors (Lipinski definition) is 2. The van der Waals surface area contributed by atoms with Crippen LogP contribution in [0.1, 0.15) is 22.9 Å². The van der Waals surface area contributed by atoms with Gasteiger partial charge in [-0.05, 0) is 49.6 Å². The molecule has 5 nitrogen and oxygen atoms in total. The van der Waals surface area contributed by atoms with Gasteiger partial charge in [0.15, 0.2) is 0 Å². The molecule has 0 aliphatic carbocycles. The second kappa shape index (κ2) is 7.65. The van der Waals surface area contributed by atoms with Gasteiger partial charge < -0.3 is 5.32 Å². The van der Waals surface area contributed by atoms with Crippen LogP contribution < -0.4 is 10.0 Å². The lowest BCUT2D eigenvalue weighted by Crippen LogP contribution is -2.32. The predicted molar refractivity (Wildman–Crippen MR) is 98.4 cm³/mol. The largest absolute Gasteiger partial charge is 0.323 e. The highest BCUT2D eigenvalue weighted by atomic mass is 35.5. The number of nitrogens with one attached hydrogen (secondary N) is 2. The van der Waals surface area contributed by atoms with Gasteiger partial charge in [0.05, 0.1) is 17.3 Å². The molecule has 1 aromatic heterocycles. The molecule has 0 unspecified atom stereocenters. The Hall–Kier alpha value is -1.41. The van der Waals surface area contributed by atoms with Crippen LogP contribution in [0.15, 0.2) is 28.5 Å². The van der Waals surface area contributed by atoms with Crippen molar-refractivity contribution in [2.45, 2.75) is 31.4 Å². The zero-order chi connectivity index (χ0) is 17.9. The predicted octanol–water partition coefficient (Wildman–Crippen LogP) is 3.50. The van der Waals surface area contributed by atoms with Crippen LogP contribution in [0.2, 0.25) is 5.02 Å². The first-order valence-corrected chi connectivity index (χ1v) is 10.1. The van der Waals surface area contributed by atoms with Crippen molar-refractivity contribution in [1.29, 1.82) is 0 Å². The highest BCUT2D eigenvalue weighted by Crippen LogP contribution is 2.27. The minimum atomic E-state index is -3.69. The van der Waals surface area contributed by atoms with Gasteiger partial charge in [0.1, 0.15) is 4.21 Å². The van der Waals surface area contributed by atoms with Gasteiger partial charge in [0, 0.05) is 4.88 Å². The average Bonchev–Trinajstić information content (AvgIpc) is 2.99. The first-order valence-electron chi connectivity index (χ1n) is 7.38. The molecule has 0 saturated carbocycles. The zero-order valence-electron chi connectivity index (χ0n) is 13.6. The van der Waals surface area contributed by atoms with Gasteiger partial charge in [-0.25, -0.2) is 13.1 Å². The van der Waals surface area contributed by atoms with Crippen molar-refractivity contribution in [3.05, 3.63) is 45.3 Å². The van der Waals surface area contributed by atoms with Gasteiger partial charge >= 0.3 is 0 Å². The zero-order valence-corrected chi connectivity index (χ0v) is 16.0. The van der Waals surface area contributed by atoms with Crippen LogP contribution in [-0.2, 0) is 21.2 Å². The summed E-state index contributed by atoms with van der Waals surface area (Å²) in [5.74, 6) is -0.473. The van der Waals surface area contributed by atoms with Gasteiger partial charge in [0.25, 0.3) is 10.0 Å². The Morgan fingerprint density at radius 3 is 2.54 bits per heavy atom. The minimum Gasteiger partial charge on any atom is -0.323 e. The summed E-state index contributed by atoms with van der Waals surface area (Å²) < 4.78 is 26.9. The monoisotopic (exact) mass is 386 g/mol. The van der Waals surface area contributed by atoms with Crippen molar-refractivity contribution in [2.75, 3.05) is 11.9 Å². The fourth-order valence-corrected chi connectivity index (χ4v) is 4.87. The third kappa shape index (κ3) is 4.57. The van der Waals surface area contributed by atoms with Crippen molar-refractivity contribution in [3.63, 3.8) is 0 Å².